The van der Waals surface area contributed by atoms with E-state index in [1.54, 1.807) is 26.0 Å². The Labute approximate surface area is 101 Å². The highest BCUT2D eigenvalue weighted by Crippen LogP contribution is 2.27. The van der Waals surface area contributed by atoms with E-state index >= 15 is 0 Å². The van der Waals surface area contributed by atoms with E-state index in [1.807, 2.05) is 6.92 Å². The molecule has 1 rings (SSSR count). The smallest absolute Gasteiger partial charge is 0.275 e. The van der Waals surface area contributed by atoms with Gasteiger partial charge in [-0.2, -0.15) is 0 Å². The second-order valence-corrected chi connectivity index (χ2v) is 4.15. The second-order valence-electron chi connectivity index (χ2n) is 4.15. The van der Waals surface area contributed by atoms with E-state index in [1.165, 1.54) is 0 Å². The predicted molar refractivity (Wildman–Crippen MR) is 67.4 cm³/mol. The van der Waals surface area contributed by atoms with Gasteiger partial charge in [-0.05, 0) is 32.4 Å². The number of rotatable bonds is 5. The molecule has 1 atom stereocenters. The van der Waals surface area contributed by atoms with E-state index in [4.69, 9.17) is 5.11 Å². The molecule has 0 aliphatic heterocycles. The van der Waals surface area contributed by atoms with E-state index in [0.717, 1.165) is 12.1 Å². The van der Waals surface area contributed by atoms with Crippen LogP contribution in [0.15, 0.2) is 12.1 Å². The van der Waals surface area contributed by atoms with Gasteiger partial charge in [-0.25, -0.2) is 0 Å². The Morgan fingerprint density at radius 3 is 2.29 bits per heavy atom. The lowest BCUT2D eigenvalue weighted by molar-refractivity contribution is -0.386. The van der Waals surface area contributed by atoms with Crippen LogP contribution in [0.3, 0.4) is 0 Å². The zero-order valence-electron chi connectivity index (χ0n) is 10.4. The summed E-state index contributed by atoms with van der Waals surface area (Å²) >= 11 is 0. The molecule has 0 aliphatic carbocycles. The van der Waals surface area contributed by atoms with Crippen LogP contribution in [0.5, 0.6) is 0 Å². The Bertz CT molecular complexity index is 391. The van der Waals surface area contributed by atoms with Gasteiger partial charge in [0.25, 0.3) is 5.69 Å². The summed E-state index contributed by atoms with van der Waals surface area (Å²) in [5.74, 6) is 0. The van der Waals surface area contributed by atoms with Crippen molar-refractivity contribution >= 4 is 11.4 Å². The number of hydrogen-bond donors (Lipinski definition) is 2. The molecule has 0 bridgehead atoms. The van der Waals surface area contributed by atoms with Crippen molar-refractivity contribution in [3.8, 4) is 0 Å². The third-order valence-electron chi connectivity index (χ3n) is 2.76. The summed E-state index contributed by atoms with van der Waals surface area (Å²) in [7, 11) is 0. The van der Waals surface area contributed by atoms with E-state index in [-0.39, 0.29) is 23.3 Å². The summed E-state index contributed by atoms with van der Waals surface area (Å²) in [4.78, 5) is 10.5. The summed E-state index contributed by atoms with van der Waals surface area (Å²) in [5.41, 5.74) is 2.23. The van der Waals surface area contributed by atoms with Gasteiger partial charge in [0.15, 0.2) is 0 Å². The first-order valence-corrected chi connectivity index (χ1v) is 5.62. The molecule has 2 N–H and O–H groups in total. The predicted octanol–water partition coefficient (Wildman–Crippen LogP) is 2.39. The van der Waals surface area contributed by atoms with Crippen LogP contribution >= 0.6 is 0 Å². The highest BCUT2D eigenvalue weighted by molar-refractivity contribution is 5.58. The number of anilines is 1. The maximum Gasteiger partial charge on any atom is 0.275 e. The Morgan fingerprint density at radius 1 is 1.41 bits per heavy atom. The number of nitrogens with zero attached hydrogens (tertiary/aromatic N) is 1. The maximum atomic E-state index is 10.8. The Hall–Kier alpha value is -1.62. The van der Waals surface area contributed by atoms with E-state index < -0.39 is 0 Å². The van der Waals surface area contributed by atoms with Crippen LogP contribution in [-0.4, -0.2) is 22.7 Å². The van der Waals surface area contributed by atoms with Crippen LogP contribution in [0, 0.1) is 24.0 Å². The fraction of sp³-hybridized carbons (Fsp3) is 0.500. The fourth-order valence-electron chi connectivity index (χ4n) is 1.84. The second kappa shape index (κ2) is 5.63. The minimum absolute atomic E-state index is 0.0183. The zero-order chi connectivity index (χ0) is 13.0. The molecule has 5 nitrogen and oxygen atoms in total. The van der Waals surface area contributed by atoms with Gasteiger partial charge in [-0.15, -0.1) is 0 Å². The number of aliphatic hydroxyl groups excluding tert-OH is 1. The first-order chi connectivity index (χ1) is 7.99. The Kier molecular flexibility index (Phi) is 4.45. The molecule has 0 aliphatic rings. The zero-order valence-corrected chi connectivity index (χ0v) is 10.4. The first kappa shape index (κ1) is 13.4. The lowest BCUT2D eigenvalue weighted by Crippen LogP contribution is -2.22. The number of benzene rings is 1. The average Bonchev–Trinajstić information content (AvgIpc) is 2.24. The number of nitro groups is 1. The Morgan fingerprint density at radius 2 is 1.94 bits per heavy atom. The molecule has 0 spiro atoms. The third kappa shape index (κ3) is 3.17. The number of aryl methyl sites for hydroxylation is 2. The fourth-order valence-corrected chi connectivity index (χ4v) is 1.84. The van der Waals surface area contributed by atoms with E-state index in [2.05, 4.69) is 5.32 Å². The normalized spacial score (nSPS) is 12.2. The van der Waals surface area contributed by atoms with Crippen molar-refractivity contribution in [1.29, 1.82) is 0 Å². The van der Waals surface area contributed by atoms with Gasteiger partial charge in [-0.3, -0.25) is 10.1 Å². The molecule has 0 aromatic heterocycles. The summed E-state index contributed by atoms with van der Waals surface area (Å²) in [6.07, 6.45) is 0.797. The van der Waals surface area contributed by atoms with Gasteiger partial charge >= 0.3 is 0 Å². The summed E-state index contributed by atoms with van der Waals surface area (Å²) < 4.78 is 0. The molecule has 94 valence electrons. The van der Waals surface area contributed by atoms with E-state index in [0.29, 0.717) is 11.1 Å². The highest BCUT2D eigenvalue weighted by atomic mass is 16.6. The number of hydrogen-bond acceptors (Lipinski definition) is 4. The number of nitro benzene ring substituents is 1. The van der Waals surface area contributed by atoms with Crippen LogP contribution in [0.1, 0.15) is 24.5 Å². The van der Waals surface area contributed by atoms with Gasteiger partial charge in [0.2, 0.25) is 0 Å². The van der Waals surface area contributed by atoms with Crippen LogP contribution in [0.4, 0.5) is 11.4 Å². The summed E-state index contributed by atoms with van der Waals surface area (Å²) in [5, 5.41) is 23.1. The monoisotopic (exact) mass is 238 g/mol. The van der Waals surface area contributed by atoms with Gasteiger partial charge < -0.3 is 10.4 Å². The highest BCUT2D eigenvalue weighted by Gasteiger charge is 2.16. The number of aliphatic hydroxyl groups is 1. The van der Waals surface area contributed by atoms with Gasteiger partial charge in [0.05, 0.1) is 11.5 Å². The van der Waals surface area contributed by atoms with Crippen LogP contribution in [0.2, 0.25) is 0 Å². The Balaban J connectivity index is 3.02. The van der Waals surface area contributed by atoms with Gasteiger partial charge in [-0.1, -0.05) is 6.92 Å². The first-order valence-electron chi connectivity index (χ1n) is 5.62. The molecular formula is C12H18N2O3. The lowest BCUT2D eigenvalue weighted by Gasteiger charge is -2.16. The summed E-state index contributed by atoms with van der Waals surface area (Å²) in [6, 6.07) is 3.46. The van der Waals surface area contributed by atoms with E-state index in [9.17, 15) is 10.1 Å². The molecular weight excluding hydrogens is 220 g/mol. The third-order valence-corrected chi connectivity index (χ3v) is 2.76. The molecule has 1 unspecified atom stereocenters. The molecule has 1 aromatic carbocycles. The van der Waals surface area contributed by atoms with Crippen molar-refractivity contribution in [3.63, 3.8) is 0 Å². The van der Waals surface area contributed by atoms with Crippen LogP contribution in [0.25, 0.3) is 0 Å². The maximum absolute atomic E-state index is 10.8. The van der Waals surface area contributed by atoms with Crippen LogP contribution < -0.4 is 5.32 Å². The molecule has 5 heteroatoms. The van der Waals surface area contributed by atoms with Crippen molar-refractivity contribution in [3.05, 3.63) is 33.4 Å². The molecule has 0 fully saturated rings. The minimum Gasteiger partial charge on any atom is -0.394 e. The molecule has 0 saturated heterocycles. The van der Waals surface area contributed by atoms with Crippen molar-refractivity contribution in [1.82, 2.24) is 0 Å². The molecule has 1 aromatic rings. The molecule has 17 heavy (non-hydrogen) atoms. The van der Waals surface area contributed by atoms with Crippen molar-refractivity contribution in [2.24, 2.45) is 0 Å². The largest absolute Gasteiger partial charge is 0.394 e. The van der Waals surface area contributed by atoms with Crippen molar-refractivity contribution in [2.75, 3.05) is 11.9 Å². The topological polar surface area (TPSA) is 75.4 Å². The number of nitrogens with one attached hydrogen (secondary N) is 1. The average molecular weight is 238 g/mol. The minimum atomic E-state index is -0.363. The van der Waals surface area contributed by atoms with Crippen molar-refractivity contribution < 1.29 is 10.0 Å². The van der Waals surface area contributed by atoms with Crippen molar-refractivity contribution in [2.45, 2.75) is 33.2 Å². The lowest BCUT2D eigenvalue weighted by atomic mass is 10.1. The molecule has 0 saturated carbocycles. The molecule has 0 radical (unpaired) electrons. The molecule has 0 heterocycles. The summed E-state index contributed by atoms with van der Waals surface area (Å²) in [6.45, 7) is 5.46. The van der Waals surface area contributed by atoms with Gasteiger partial charge in [0, 0.05) is 22.9 Å². The SMILES string of the molecule is CCC(CO)Nc1cc(C)c([N+](=O)[O-])c(C)c1. The van der Waals surface area contributed by atoms with Gasteiger partial charge in [0.1, 0.15) is 0 Å². The quantitative estimate of drug-likeness (QED) is 0.610. The standard InChI is InChI=1S/C12H18N2O3/c1-4-10(7-15)13-11-5-8(2)12(14(16)17)9(3)6-11/h5-6,10,13,15H,4,7H2,1-3H3. The molecule has 0 amide bonds. The van der Waals surface area contributed by atoms with Crippen LogP contribution in [-0.2, 0) is 0 Å².